The summed E-state index contributed by atoms with van der Waals surface area (Å²) in [7, 11) is 0. The highest BCUT2D eigenvalue weighted by Gasteiger charge is 2.14. The summed E-state index contributed by atoms with van der Waals surface area (Å²) in [6.45, 7) is 0. The number of anilines is 2. The van der Waals surface area contributed by atoms with Crippen molar-refractivity contribution in [3.63, 3.8) is 0 Å². The van der Waals surface area contributed by atoms with E-state index in [1.165, 1.54) is 18.2 Å². The lowest BCUT2D eigenvalue weighted by atomic mass is 10.1. The number of carbonyl (C=O) groups is 1. The molecule has 0 spiro atoms. The van der Waals surface area contributed by atoms with Gasteiger partial charge in [0.15, 0.2) is 0 Å². The Bertz CT molecular complexity index is 601. The first-order valence-corrected chi connectivity index (χ1v) is 6.21. The summed E-state index contributed by atoms with van der Waals surface area (Å²) >= 11 is 2.10. The lowest BCUT2D eigenvalue weighted by Gasteiger charge is -2.11. The molecule has 2 N–H and O–H groups in total. The summed E-state index contributed by atoms with van der Waals surface area (Å²) in [5, 5.41) is 11.9. The molecule has 0 amide bonds. The predicted octanol–water partition coefficient (Wildman–Crippen LogP) is 3.87. The fraction of sp³-hybridized carbons (Fsp3) is 0. The molecule has 0 saturated heterocycles. The topological polar surface area (TPSA) is 49.3 Å². The highest BCUT2D eigenvalue weighted by atomic mass is 127. The van der Waals surface area contributed by atoms with Crippen LogP contribution >= 0.6 is 22.6 Å². The van der Waals surface area contributed by atoms with Gasteiger partial charge in [-0.15, -0.1) is 0 Å². The highest BCUT2D eigenvalue weighted by Crippen LogP contribution is 2.27. The summed E-state index contributed by atoms with van der Waals surface area (Å²) in [6.07, 6.45) is 0. The van der Waals surface area contributed by atoms with Crippen molar-refractivity contribution in [3.8, 4) is 0 Å². The van der Waals surface area contributed by atoms with Crippen molar-refractivity contribution in [3.05, 3.63) is 57.4 Å². The molecule has 0 saturated carbocycles. The second kappa shape index (κ2) is 5.34. The van der Waals surface area contributed by atoms with Crippen LogP contribution in [0.1, 0.15) is 10.4 Å². The van der Waals surface area contributed by atoms with Gasteiger partial charge in [0, 0.05) is 3.57 Å². The van der Waals surface area contributed by atoms with Crippen LogP contribution in [0.2, 0.25) is 0 Å². The Balaban J connectivity index is 2.46. The third-order valence-corrected chi connectivity index (χ3v) is 3.32. The lowest BCUT2D eigenvalue weighted by Crippen LogP contribution is -2.05. The van der Waals surface area contributed by atoms with Crippen LogP contribution in [-0.2, 0) is 0 Å². The molecule has 3 nitrogen and oxygen atoms in total. The van der Waals surface area contributed by atoms with Crippen LogP contribution in [-0.4, -0.2) is 11.1 Å². The van der Waals surface area contributed by atoms with Crippen molar-refractivity contribution in [2.45, 2.75) is 0 Å². The number of hydrogen-bond acceptors (Lipinski definition) is 2. The van der Waals surface area contributed by atoms with Gasteiger partial charge in [-0.25, -0.2) is 9.18 Å². The van der Waals surface area contributed by atoms with Gasteiger partial charge in [0.1, 0.15) is 5.82 Å². The van der Waals surface area contributed by atoms with Crippen LogP contribution in [0.5, 0.6) is 0 Å². The maximum absolute atomic E-state index is 13.7. The van der Waals surface area contributed by atoms with Crippen molar-refractivity contribution in [1.82, 2.24) is 0 Å². The van der Waals surface area contributed by atoms with Crippen LogP contribution in [0.3, 0.4) is 0 Å². The molecular weight excluding hydrogens is 348 g/mol. The molecule has 2 aromatic carbocycles. The Kier molecular flexibility index (Phi) is 3.81. The number of rotatable bonds is 3. The summed E-state index contributed by atoms with van der Waals surface area (Å²) < 4.78 is 14.6. The van der Waals surface area contributed by atoms with Crippen LogP contribution in [0.4, 0.5) is 15.8 Å². The molecule has 0 heterocycles. The van der Waals surface area contributed by atoms with E-state index in [-0.39, 0.29) is 11.3 Å². The third-order valence-electron chi connectivity index (χ3n) is 2.38. The third kappa shape index (κ3) is 2.61. The Morgan fingerprint density at radius 1 is 1.17 bits per heavy atom. The van der Waals surface area contributed by atoms with Gasteiger partial charge in [0.05, 0.1) is 16.9 Å². The molecule has 5 heteroatoms. The number of aromatic carboxylic acids is 1. The minimum Gasteiger partial charge on any atom is -0.478 e. The Labute approximate surface area is 117 Å². The maximum atomic E-state index is 13.7. The first kappa shape index (κ1) is 12.8. The number of halogens is 2. The first-order chi connectivity index (χ1) is 8.59. The molecule has 2 aromatic rings. The molecule has 0 aromatic heterocycles. The molecule has 0 radical (unpaired) electrons. The van der Waals surface area contributed by atoms with Gasteiger partial charge in [-0.05, 0) is 46.9 Å². The Morgan fingerprint density at radius 2 is 1.89 bits per heavy atom. The molecule has 0 unspecified atom stereocenters. The molecule has 0 aliphatic carbocycles. The number of hydrogen-bond donors (Lipinski definition) is 2. The van der Waals surface area contributed by atoms with E-state index in [0.717, 1.165) is 3.57 Å². The number of nitrogens with one attached hydrogen (secondary N) is 1. The standard InChI is InChI=1S/C13H9FINO2/c14-9-5-3-4-8(13(17)18)12(9)16-11-7-2-1-6-10(11)15/h1-7,16H,(H,17,18). The second-order valence-corrected chi connectivity index (χ2v) is 4.73. The average molecular weight is 357 g/mol. The molecule has 0 aliphatic rings. The first-order valence-electron chi connectivity index (χ1n) is 5.13. The van der Waals surface area contributed by atoms with E-state index < -0.39 is 11.8 Å². The molecule has 0 bridgehead atoms. The van der Waals surface area contributed by atoms with Gasteiger partial charge in [0.2, 0.25) is 0 Å². The van der Waals surface area contributed by atoms with E-state index in [9.17, 15) is 9.18 Å². The SMILES string of the molecule is O=C(O)c1cccc(F)c1Nc1ccccc1I. The zero-order valence-electron chi connectivity index (χ0n) is 9.15. The average Bonchev–Trinajstić information content (AvgIpc) is 2.34. The minimum absolute atomic E-state index is 0.0193. The Hall–Kier alpha value is -1.63. The van der Waals surface area contributed by atoms with Gasteiger partial charge in [-0.3, -0.25) is 0 Å². The summed E-state index contributed by atoms with van der Waals surface area (Å²) in [5.41, 5.74) is 0.564. The molecule has 2 rings (SSSR count). The van der Waals surface area contributed by atoms with E-state index in [4.69, 9.17) is 5.11 Å². The van der Waals surface area contributed by atoms with Crippen molar-refractivity contribution in [2.24, 2.45) is 0 Å². The number of carboxylic acid groups (broad SMARTS) is 1. The van der Waals surface area contributed by atoms with Crippen LogP contribution < -0.4 is 5.32 Å². The van der Waals surface area contributed by atoms with Crippen molar-refractivity contribution >= 4 is 39.9 Å². The van der Waals surface area contributed by atoms with Gasteiger partial charge in [-0.1, -0.05) is 18.2 Å². The van der Waals surface area contributed by atoms with Crippen molar-refractivity contribution in [1.29, 1.82) is 0 Å². The van der Waals surface area contributed by atoms with E-state index in [2.05, 4.69) is 27.9 Å². The monoisotopic (exact) mass is 357 g/mol. The molecule has 0 aliphatic heterocycles. The zero-order chi connectivity index (χ0) is 13.1. The minimum atomic E-state index is -1.16. The number of carboxylic acids is 1. The summed E-state index contributed by atoms with van der Waals surface area (Å²) in [5.74, 6) is -1.75. The molecule has 0 atom stereocenters. The van der Waals surface area contributed by atoms with E-state index >= 15 is 0 Å². The van der Waals surface area contributed by atoms with Gasteiger partial charge in [0.25, 0.3) is 0 Å². The molecule has 18 heavy (non-hydrogen) atoms. The quantitative estimate of drug-likeness (QED) is 0.820. The highest BCUT2D eigenvalue weighted by molar-refractivity contribution is 14.1. The summed E-state index contributed by atoms with van der Waals surface area (Å²) in [4.78, 5) is 11.0. The van der Waals surface area contributed by atoms with E-state index in [0.29, 0.717) is 5.69 Å². The maximum Gasteiger partial charge on any atom is 0.337 e. The van der Waals surface area contributed by atoms with Crippen LogP contribution in [0, 0.1) is 9.39 Å². The van der Waals surface area contributed by atoms with Gasteiger partial charge >= 0.3 is 5.97 Å². The second-order valence-electron chi connectivity index (χ2n) is 3.57. The Morgan fingerprint density at radius 3 is 2.56 bits per heavy atom. The fourth-order valence-corrected chi connectivity index (χ4v) is 2.05. The van der Waals surface area contributed by atoms with Crippen LogP contribution in [0.15, 0.2) is 42.5 Å². The lowest BCUT2D eigenvalue weighted by molar-refractivity contribution is 0.0697. The normalized spacial score (nSPS) is 10.1. The molecular formula is C13H9FINO2. The van der Waals surface area contributed by atoms with Gasteiger partial charge < -0.3 is 10.4 Å². The number of benzene rings is 2. The van der Waals surface area contributed by atoms with Crippen molar-refractivity contribution < 1.29 is 14.3 Å². The number of para-hydroxylation sites is 2. The molecule has 0 fully saturated rings. The smallest absolute Gasteiger partial charge is 0.337 e. The van der Waals surface area contributed by atoms with Crippen LogP contribution in [0.25, 0.3) is 0 Å². The van der Waals surface area contributed by atoms with Crippen molar-refractivity contribution in [2.75, 3.05) is 5.32 Å². The largest absolute Gasteiger partial charge is 0.478 e. The summed E-state index contributed by atoms with van der Waals surface area (Å²) in [6, 6.07) is 11.2. The van der Waals surface area contributed by atoms with Gasteiger partial charge in [-0.2, -0.15) is 0 Å². The van der Waals surface area contributed by atoms with E-state index in [1.807, 2.05) is 12.1 Å². The predicted molar refractivity (Wildman–Crippen MR) is 75.8 cm³/mol. The van der Waals surface area contributed by atoms with E-state index in [1.54, 1.807) is 12.1 Å². The zero-order valence-corrected chi connectivity index (χ0v) is 11.3. The molecule has 92 valence electrons. The fourth-order valence-electron chi connectivity index (χ4n) is 1.53.